The van der Waals surface area contributed by atoms with E-state index in [-0.39, 0.29) is 11.8 Å². The van der Waals surface area contributed by atoms with Crippen LogP contribution < -0.4 is 9.31 Å². The largest absolute Gasteiger partial charge is 0.785 e. The maximum atomic E-state index is 12.7. The monoisotopic (exact) mass is 350 g/mol. The van der Waals surface area contributed by atoms with Crippen LogP contribution in [0.25, 0.3) is 0 Å². The summed E-state index contributed by atoms with van der Waals surface area (Å²) in [4.78, 5) is 0. The molecule has 0 saturated carbocycles. The van der Waals surface area contributed by atoms with Crippen LogP contribution in [0.15, 0.2) is 48.5 Å². The van der Waals surface area contributed by atoms with Crippen molar-refractivity contribution in [2.24, 2.45) is 0 Å². The van der Waals surface area contributed by atoms with E-state index in [0.29, 0.717) is 12.1 Å². The van der Waals surface area contributed by atoms with Crippen LogP contribution in [-0.4, -0.2) is 12.3 Å². The van der Waals surface area contributed by atoms with Crippen LogP contribution in [0, 0.1) is 0 Å². The van der Waals surface area contributed by atoms with Crippen molar-refractivity contribution in [3.05, 3.63) is 59.7 Å². The van der Waals surface area contributed by atoms with Gasteiger partial charge in [0.05, 0.1) is 11.1 Å². The van der Waals surface area contributed by atoms with E-state index in [0.717, 1.165) is 0 Å². The van der Waals surface area contributed by atoms with Crippen molar-refractivity contribution in [3.8, 4) is 11.5 Å². The highest BCUT2D eigenvalue weighted by molar-refractivity contribution is 6.36. The van der Waals surface area contributed by atoms with Crippen LogP contribution in [0.3, 0.4) is 0 Å². The van der Waals surface area contributed by atoms with Crippen LogP contribution >= 0.6 is 0 Å². The first-order valence-electron chi connectivity index (χ1n) is 6.41. The zero-order valence-corrected chi connectivity index (χ0v) is 11.7. The summed E-state index contributed by atoms with van der Waals surface area (Å²) in [5, 5.41) is 9.54. The van der Waals surface area contributed by atoms with Crippen LogP contribution in [0.2, 0.25) is 0 Å². The summed E-state index contributed by atoms with van der Waals surface area (Å²) in [5.74, 6) is -0.714. The molecule has 1 N–H and O–H groups in total. The second kappa shape index (κ2) is 6.64. The van der Waals surface area contributed by atoms with Gasteiger partial charge in [0.1, 0.15) is 11.5 Å². The van der Waals surface area contributed by atoms with Gasteiger partial charge in [-0.1, -0.05) is 18.2 Å². The van der Waals surface area contributed by atoms with Crippen LogP contribution in [0.4, 0.5) is 26.3 Å². The molecule has 0 heterocycles. The molecule has 24 heavy (non-hydrogen) atoms. The quantitative estimate of drug-likeness (QED) is 0.665. The normalized spacial score (nSPS) is 12.0. The molecule has 0 aliphatic heterocycles. The van der Waals surface area contributed by atoms with Gasteiger partial charge in [0.15, 0.2) is 0 Å². The molecule has 0 aromatic heterocycles. The van der Waals surface area contributed by atoms with Crippen molar-refractivity contribution in [3.63, 3.8) is 0 Å². The summed E-state index contributed by atoms with van der Waals surface area (Å²) >= 11 is 0. The Morgan fingerprint density at radius 1 is 0.708 bits per heavy atom. The minimum Gasteiger partial charge on any atom is -0.501 e. The van der Waals surface area contributed by atoms with Gasteiger partial charge in [-0.2, -0.15) is 26.3 Å². The topological polar surface area (TPSA) is 38.7 Å². The molecule has 0 spiro atoms. The molecule has 0 unspecified atom stereocenters. The number of rotatable bonds is 4. The van der Waals surface area contributed by atoms with Crippen molar-refractivity contribution in [1.82, 2.24) is 0 Å². The van der Waals surface area contributed by atoms with Crippen LogP contribution in [0.1, 0.15) is 11.1 Å². The molecule has 2 aromatic carbocycles. The van der Waals surface area contributed by atoms with Gasteiger partial charge in [0.2, 0.25) is 0 Å². The molecule has 10 heteroatoms. The van der Waals surface area contributed by atoms with E-state index in [2.05, 4.69) is 4.65 Å². The van der Waals surface area contributed by atoms with E-state index < -0.39 is 36.6 Å². The zero-order chi connectivity index (χ0) is 18.0. The van der Waals surface area contributed by atoms with Gasteiger partial charge < -0.3 is 14.3 Å². The number of hydrogen-bond acceptors (Lipinski definition) is 3. The maximum Gasteiger partial charge on any atom is 0.785 e. The Morgan fingerprint density at radius 3 is 1.62 bits per heavy atom. The van der Waals surface area contributed by atoms with Crippen molar-refractivity contribution < 1.29 is 40.7 Å². The average molecular weight is 350 g/mol. The first kappa shape index (κ1) is 18.0. The standard InChI is InChI=1S/C14H9BF6O3/c16-13(17,18)9-6-10(14(19,20)21)8-12(7-9)24-15(22)23-11-4-2-1-3-5-11/h1-8,22H. The van der Waals surface area contributed by atoms with Crippen LogP contribution in [0.5, 0.6) is 11.5 Å². The summed E-state index contributed by atoms with van der Waals surface area (Å²) in [6.07, 6.45) is -10.0. The van der Waals surface area contributed by atoms with E-state index in [4.69, 9.17) is 4.65 Å². The summed E-state index contributed by atoms with van der Waals surface area (Å²) in [7, 11) is -2.09. The lowest BCUT2D eigenvalue weighted by atomic mass is 10.1. The average Bonchev–Trinajstić information content (AvgIpc) is 2.46. The minimum atomic E-state index is -5.01. The number of hydrogen-bond donors (Lipinski definition) is 1. The molecule has 0 amide bonds. The van der Waals surface area contributed by atoms with Crippen molar-refractivity contribution in [2.75, 3.05) is 0 Å². The number of alkyl halides is 6. The Bertz CT molecular complexity index is 655. The first-order chi connectivity index (χ1) is 11.1. The smallest absolute Gasteiger partial charge is 0.501 e. The van der Waals surface area contributed by atoms with E-state index >= 15 is 0 Å². The predicted molar refractivity (Wildman–Crippen MR) is 72.1 cm³/mol. The second-order valence-electron chi connectivity index (χ2n) is 4.60. The fraction of sp³-hybridized carbons (Fsp3) is 0.143. The summed E-state index contributed by atoms with van der Waals surface area (Å²) in [5.41, 5.74) is -3.11. The summed E-state index contributed by atoms with van der Waals surface area (Å²) < 4.78 is 85.7. The molecule has 2 aromatic rings. The lowest BCUT2D eigenvalue weighted by Gasteiger charge is -2.16. The molecule has 0 radical (unpaired) electrons. The van der Waals surface area contributed by atoms with E-state index in [1.54, 1.807) is 18.2 Å². The lowest BCUT2D eigenvalue weighted by Crippen LogP contribution is -2.30. The predicted octanol–water partition coefficient (Wildman–Crippen LogP) is 4.16. The fourth-order valence-corrected chi connectivity index (χ4v) is 1.75. The van der Waals surface area contributed by atoms with Crippen molar-refractivity contribution in [1.29, 1.82) is 0 Å². The van der Waals surface area contributed by atoms with Gasteiger partial charge in [0.25, 0.3) is 0 Å². The van der Waals surface area contributed by atoms with E-state index in [9.17, 15) is 31.4 Å². The number of benzene rings is 2. The first-order valence-corrected chi connectivity index (χ1v) is 6.41. The SMILES string of the molecule is OB(Oc1ccccc1)Oc1cc(C(F)(F)F)cc(C(F)(F)F)c1. The van der Waals surface area contributed by atoms with E-state index in [1.807, 2.05) is 0 Å². The highest BCUT2D eigenvalue weighted by atomic mass is 19.4. The molecular formula is C14H9BF6O3. The Labute approximate surface area is 132 Å². The van der Waals surface area contributed by atoms with Gasteiger partial charge in [-0.05, 0) is 30.3 Å². The molecule has 0 bridgehead atoms. The summed E-state index contributed by atoms with van der Waals surface area (Å²) in [6.45, 7) is 0. The van der Waals surface area contributed by atoms with E-state index in [1.165, 1.54) is 12.1 Å². The minimum absolute atomic E-state index is 0.0444. The Hall–Kier alpha value is -2.36. The third-order valence-electron chi connectivity index (χ3n) is 2.78. The molecule has 2 rings (SSSR count). The van der Waals surface area contributed by atoms with Crippen molar-refractivity contribution in [2.45, 2.75) is 12.4 Å². The highest BCUT2D eigenvalue weighted by Crippen LogP contribution is 2.38. The molecule has 3 nitrogen and oxygen atoms in total. The Kier molecular flexibility index (Phi) is 4.98. The maximum absolute atomic E-state index is 12.7. The van der Waals surface area contributed by atoms with Gasteiger partial charge in [-0.3, -0.25) is 0 Å². The molecular weight excluding hydrogens is 341 g/mol. The third kappa shape index (κ3) is 4.82. The van der Waals surface area contributed by atoms with Gasteiger partial charge >= 0.3 is 19.7 Å². The zero-order valence-electron chi connectivity index (χ0n) is 11.7. The number of para-hydroxylation sites is 1. The highest BCUT2D eigenvalue weighted by Gasteiger charge is 2.37. The Morgan fingerprint density at radius 2 is 1.17 bits per heavy atom. The molecule has 0 saturated heterocycles. The van der Waals surface area contributed by atoms with Gasteiger partial charge in [-0.25, -0.2) is 0 Å². The lowest BCUT2D eigenvalue weighted by molar-refractivity contribution is -0.143. The fourth-order valence-electron chi connectivity index (χ4n) is 1.75. The molecule has 0 atom stereocenters. The molecule has 128 valence electrons. The third-order valence-corrected chi connectivity index (χ3v) is 2.78. The van der Waals surface area contributed by atoms with Crippen LogP contribution in [-0.2, 0) is 12.4 Å². The second-order valence-corrected chi connectivity index (χ2v) is 4.60. The Balaban J connectivity index is 2.25. The molecule has 0 fully saturated rings. The van der Waals surface area contributed by atoms with Gasteiger partial charge in [0, 0.05) is 0 Å². The molecule has 0 aliphatic rings. The summed E-state index contributed by atoms with van der Waals surface area (Å²) in [6, 6.07) is 8.21. The van der Waals surface area contributed by atoms with Crippen molar-refractivity contribution >= 4 is 7.32 Å². The number of halogens is 6. The van der Waals surface area contributed by atoms with Gasteiger partial charge in [-0.15, -0.1) is 0 Å². The molecule has 0 aliphatic carbocycles.